The second-order valence-corrected chi connectivity index (χ2v) is 7.03. The van der Waals surface area contributed by atoms with Crippen molar-refractivity contribution in [3.8, 4) is 0 Å². The first-order valence-corrected chi connectivity index (χ1v) is 7.57. The molecular formula is C18H26O2. The van der Waals surface area contributed by atoms with Crippen LogP contribution in [0.25, 0.3) is 0 Å². The lowest BCUT2D eigenvalue weighted by atomic mass is 9.82. The fourth-order valence-corrected chi connectivity index (χ4v) is 3.35. The average Bonchev–Trinajstić information content (AvgIpc) is 2.58. The van der Waals surface area contributed by atoms with Crippen LogP contribution in [-0.2, 0) is 16.0 Å². The van der Waals surface area contributed by atoms with E-state index >= 15 is 0 Å². The first-order chi connectivity index (χ1) is 9.30. The van der Waals surface area contributed by atoms with Crippen molar-refractivity contribution in [2.24, 2.45) is 5.92 Å². The Balaban J connectivity index is 1.86. The highest BCUT2D eigenvalue weighted by Crippen LogP contribution is 2.42. The summed E-state index contributed by atoms with van der Waals surface area (Å²) >= 11 is 0. The fourth-order valence-electron chi connectivity index (χ4n) is 3.35. The topological polar surface area (TPSA) is 26.3 Å². The van der Waals surface area contributed by atoms with Gasteiger partial charge >= 0.3 is 0 Å². The zero-order chi connectivity index (χ0) is 14.8. The van der Waals surface area contributed by atoms with Crippen LogP contribution < -0.4 is 0 Å². The Morgan fingerprint density at radius 3 is 2.40 bits per heavy atom. The molecule has 1 aliphatic rings. The lowest BCUT2D eigenvalue weighted by Gasteiger charge is -2.26. The van der Waals surface area contributed by atoms with Gasteiger partial charge in [0.05, 0.1) is 11.2 Å². The number of ether oxygens (including phenoxy) is 1. The van der Waals surface area contributed by atoms with Crippen LogP contribution >= 0.6 is 0 Å². The van der Waals surface area contributed by atoms with Crippen molar-refractivity contribution in [3.63, 3.8) is 0 Å². The SMILES string of the molecule is CC1(C)CC(C(=O)CCCc2ccccc2)C(C)(C)O1. The summed E-state index contributed by atoms with van der Waals surface area (Å²) in [6.45, 7) is 8.24. The van der Waals surface area contributed by atoms with E-state index in [4.69, 9.17) is 4.74 Å². The minimum absolute atomic E-state index is 0.0354. The van der Waals surface area contributed by atoms with Crippen molar-refractivity contribution in [3.05, 3.63) is 35.9 Å². The third-order valence-electron chi connectivity index (χ3n) is 4.19. The van der Waals surface area contributed by atoms with Crippen LogP contribution in [0.15, 0.2) is 30.3 Å². The number of carbonyl (C=O) groups excluding carboxylic acids is 1. The van der Waals surface area contributed by atoms with E-state index in [0.717, 1.165) is 19.3 Å². The third-order valence-corrected chi connectivity index (χ3v) is 4.19. The summed E-state index contributed by atoms with van der Waals surface area (Å²) in [4.78, 5) is 12.5. The van der Waals surface area contributed by atoms with E-state index in [-0.39, 0.29) is 17.1 Å². The normalized spacial score (nSPS) is 23.7. The summed E-state index contributed by atoms with van der Waals surface area (Å²) in [5.74, 6) is 0.393. The molecule has 0 bridgehead atoms. The molecule has 0 spiro atoms. The van der Waals surface area contributed by atoms with Gasteiger partial charge in [0, 0.05) is 12.3 Å². The predicted octanol–water partition coefficient (Wildman–Crippen LogP) is 4.17. The number of hydrogen-bond acceptors (Lipinski definition) is 2. The summed E-state index contributed by atoms with van der Waals surface area (Å²) in [7, 11) is 0. The number of aryl methyl sites for hydroxylation is 1. The minimum Gasteiger partial charge on any atom is -0.369 e. The molecular weight excluding hydrogens is 248 g/mol. The van der Waals surface area contributed by atoms with E-state index in [1.165, 1.54) is 5.56 Å². The van der Waals surface area contributed by atoms with E-state index in [2.05, 4.69) is 26.0 Å². The van der Waals surface area contributed by atoms with E-state index in [1.807, 2.05) is 32.0 Å². The summed E-state index contributed by atoms with van der Waals surface area (Å²) in [5.41, 5.74) is 0.805. The van der Waals surface area contributed by atoms with Crippen molar-refractivity contribution < 1.29 is 9.53 Å². The van der Waals surface area contributed by atoms with Crippen molar-refractivity contribution in [1.82, 2.24) is 0 Å². The van der Waals surface area contributed by atoms with Gasteiger partial charge in [0.1, 0.15) is 5.78 Å². The molecule has 2 nitrogen and oxygen atoms in total. The van der Waals surface area contributed by atoms with Crippen LogP contribution in [0, 0.1) is 5.92 Å². The number of ketones is 1. The number of benzene rings is 1. The maximum Gasteiger partial charge on any atom is 0.138 e. The molecule has 110 valence electrons. The Kier molecular flexibility index (Phi) is 4.33. The van der Waals surface area contributed by atoms with Gasteiger partial charge in [-0.25, -0.2) is 0 Å². The molecule has 0 aliphatic carbocycles. The Morgan fingerprint density at radius 2 is 1.85 bits per heavy atom. The van der Waals surface area contributed by atoms with Crippen LogP contribution in [0.2, 0.25) is 0 Å². The maximum absolute atomic E-state index is 12.5. The summed E-state index contributed by atoms with van der Waals surface area (Å²) < 4.78 is 6.01. The molecule has 0 aromatic heterocycles. The quantitative estimate of drug-likeness (QED) is 0.805. The number of carbonyl (C=O) groups is 1. The van der Waals surface area contributed by atoms with Gasteiger partial charge in [-0.2, -0.15) is 0 Å². The molecule has 1 aromatic carbocycles. The molecule has 1 aliphatic heterocycles. The Bertz CT molecular complexity index is 460. The highest BCUT2D eigenvalue weighted by molar-refractivity contribution is 5.82. The predicted molar refractivity (Wildman–Crippen MR) is 81.7 cm³/mol. The standard InChI is InChI=1S/C18H26O2/c1-17(2)13-15(18(3,4)20-17)16(19)12-8-11-14-9-6-5-7-10-14/h5-7,9-10,15H,8,11-13H2,1-4H3. The van der Waals surface area contributed by atoms with E-state index in [9.17, 15) is 4.79 Å². The highest BCUT2D eigenvalue weighted by atomic mass is 16.5. The second-order valence-electron chi connectivity index (χ2n) is 7.03. The van der Waals surface area contributed by atoms with E-state index < -0.39 is 0 Å². The highest BCUT2D eigenvalue weighted by Gasteiger charge is 2.48. The molecule has 0 N–H and O–H groups in total. The Morgan fingerprint density at radius 1 is 1.20 bits per heavy atom. The molecule has 1 heterocycles. The first-order valence-electron chi connectivity index (χ1n) is 7.57. The Hall–Kier alpha value is -1.15. The van der Waals surface area contributed by atoms with E-state index in [0.29, 0.717) is 12.2 Å². The number of Topliss-reactive ketones (excluding diaryl/α,β-unsaturated/α-hetero) is 1. The van der Waals surface area contributed by atoms with Crippen LogP contribution in [0.5, 0.6) is 0 Å². The molecule has 1 aromatic rings. The van der Waals surface area contributed by atoms with Gasteiger partial charge < -0.3 is 4.74 Å². The van der Waals surface area contributed by atoms with Gasteiger partial charge in [-0.15, -0.1) is 0 Å². The first kappa shape index (κ1) is 15.2. The molecule has 20 heavy (non-hydrogen) atoms. The molecule has 2 heteroatoms. The van der Waals surface area contributed by atoms with Crippen molar-refractivity contribution in [2.75, 3.05) is 0 Å². The second kappa shape index (κ2) is 5.69. The molecule has 0 amide bonds. The van der Waals surface area contributed by atoms with Crippen molar-refractivity contribution >= 4 is 5.78 Å². The van der Waals surface area contributed by atoms with Crippen LogP contribution in [-0.4, -0.2) is 17.0 Å². The Labute approximate surface area is 122 Å². The molecule has 2 rings (SSSR count). The molecule has 0 radical (unpaired) electrons. The number of rotatable bonds is 5. The van der Waals surface area contributed by atoms with Crippen LogP contribution in [0.3, 0.4) is 0 Å². The lowest BCUT2D eigenvalue weighted by Crippen LogP contribution is -2.33. The monoisotopic (exact) mass is 274 g/mol. The van der Waals surface area contributed by atoms with Crippen LogP contribution in [0.4, 0.5) is 0 Å². The van der Waals surface area contributed by atoms with E-state index in [1.54, 1.807) is 0 Å². The fraction of sp³-hybridized carbons (Fsp3) is 0.611. The minimum atomic E-state index is -0.326. The summed E-state index contributed by atoms with van der Waals surface area (Å²) in [6, 6.07) is 10.4. The summed E-state index contributed by atoms with van der Waals surface area (Å²) in [5, 5.41) is 0. The maximum atomic E-state index is 12.5. The smallest absolute Gasteiger partial charge is 0.138 e. The van der Waals surface area contributed by atoms with Gasteiger partial charge in [-0.1, -0.05) is 30.3 Å². The van der Waals surface area contributed by atoms with Crippen LogP contribution in [0.1, 0.15) is 52.5 Å². The molecule has 1 unspecified atom stereocenters. The van der Waals surface area contributed by atoms with Gasteiger partial charge in [-0.3, -0.25) is 4.79 Å². The van der Waals surface area contributed by atoms with Crippen molar-refractivity contribution in [2.45, 2.75) is 64.6 Å². The van der Waals surface area contributed by atoms with Gasteiger partial charge in [0.25, 0.3) is 0 Å². The van der Waals surface area contributed by atoms with Crippen molar-refractivity contribution in [1.29, 1.82) is 0 Å². The number of hydrogen-bond donors (Lipinski definition) is 0. The lowest BCUT2D eigenvalue weighted by molar-refractivity contribution is -0.129. The molecule has 0 saturated carbocycles. The zero-order valence-electron chi connectivity index (χ0n) is 13.1. The van der Waals surface area contributed by atoms with Gasteiger partial charge in [0.15, 0.2) is 0 Å². The van der Waals surface area contributed by atoms with Gasteiger partial charge in [-0.05, 0) is 52.5 Å². The third kappa shape index (κ3) is 3.69. The zero-order valence-corrected chi connectivity index (χ0v) is 13.1. The molecule has 1 atom stereocenters. The largest absolute Gasteiger partial charge is 0.369 e. The van der Waals surface area contributed by atoms with Gasteiger partial charge in [0.2, 0.25) is 0 Å². The summed E-state index contributed by atoms with van der Waals surface area (Å²) in [6.07, 6.45) is 3.40. The average molecular weight is 274 g/mol. The molecule has 1 saturated heterocycles. The molecule has 1 fully saturated rings.